The molecule has 2 N–H and O–H groups in total. The molecule has 0 spiro atoms. The Bertz CT molecular complexity index is 181. The predicted octanol–water partition coefficient (Wildman–Crippen LogP) is 1.25. The molecule has 0 bridgehead atoms. The lowest BCUT2D eigenvalue weighted by Gasteiger charge is -2.22. The topological polar surface area (TPSA) is 41.1 Å². The number of carbonyl (C=O) groups excluding carboxylic acids is 1. The minimum absolute atomic E-state index is 0.202. The van der Waals surface area contributed by atoms with Crippen LogP contribution >= 0.6 is 11.8 Å². The van der Waals surface area contributed by atoms with Gasteiger partial charge in [-0.15, -0.1) is 0 Å². The van der Waals surface area contributed by atoms with E-state index in [1.54, 1.807) is 11.8 Å². The average molecular weight is 230 g/mol. The fourth-order valence-corrected chi connectivity index (χ4v) is 2.26. The Morgan fingerprint density at radius 2 is 2.47 bits per heavy atom. The van der Waals surface area contributed by atoms with Crippen LogP contribution in [0.5, 0.6) is 0 Å². The smallest absolute Gasteiger partial charge is 0.220 e. The van der Waals surface area contributed by atoms with Crippen molar-refractivity contribution in [1.82, 2.24) is 10.6 Å². The van der Waals surface area contributed by atoms with Gasteiger partial charge in [-0.3, -0.25) is 4.79 Å². The van der Waals surface area contributed by atoms with Crippen LogP contribution in [0.2, 0.25) is 0 Å². The van der Waals surface area contributed by atoms with E-state index in [2.05, 4.69) is 10.6 Å². The van der Waals surface area contributed by atoms with Crippen molar-refractivity contribution in [2.45, 2.75) is 25.7 Å². The molecule has 1 fully saturated rings. The Morgan fingerprint density at radius 1 is 1.60 bits per heavy atom. The zero-order valence-corrected chi connectivity index (χ0v) is 10.4. The summed E-state index contributed by atoms with van der Waals surface area (Å²) in [6.07, 6.45) is 6.40. The summed E-state index contributed by atoms with van der Waals surface area (Å²) in [5.41, 5.74) is 0. The van der Waals surface area contributed by atoms with Gasteiger partial charge in [-0.1, -0.05) is 0 Å². The summed E-state index contributed by atoms with van der Waals surface area (Å²) >= 11 is 1.72. The molecular formula is C11H22N2OS. The van der Waals surface area contributed by atoms with E-state index in [-0.39, 0.29) is 5.91 Å². The van der Waals surface area contributed by atoms with E-state index in [4.69, 9.17) is 0 Å². The van der Waals surface area contributed by atoms with Gasteiger partial charge in [-0.25, -0.2) is 0 Å². The van der Waals surface area contributed by atoms with Crippen LogP contribution in [-0.2, 0) is 4.79 Å². The highest BCUT2D eigenvalue weighted by molar-refractivity contribution is 7.98. The molecular weight excluding hydrogens is 208 g/mol. The van der Waals surface area contributed by atoms with Crippen molar-refractivity contribution in [2.24, 2.45) is 5.92 Å². The molecule has 15 heavy (non-hydrogen) atoms. The molecule has 0 aromatic carbocycles. The van der Waals surface area contributed by atoms with Crippen LogP contribution in [0.3, 0.4) is 0 Å². The van der Waals surface area contributed by atoms with Crippen molar-refractivity contribution in [2.75, 3.05) is 31.6 Å². The molecule has 0 saturated carbocycles. The monoisotopic (exact) mass is 230 g/mol. The SMILES string of the molecule is CSCCC(=O)NCCC1CCCNC1. The summed E-state index contributed by atoms with van der Waals surface area (Å²) in [5.74, 6) is 1.89. The van der Waals surface area contributed by atoms with E-state index < -0.39 is 0 Å². The lowest BCUT2D eigenvalue weighted by molar-refractivity contribution is -0.120. The van der Waals surface area contributed by atoms with Crippen LogP contribution in [0, 0.1) is 5.92 Å². The number of hydrogen-bond acceptors (Lipinski definition) is 3. The minimum atomic E-state index is 0.202. The standard InChI is InChI=1S/C11H22N2OS/c1-15-8-5-11(14)13-7-4-10-3-2-6-12-9-10/h10,12H,2-9H2,1H3,(H,13,14). The lowest BCUT2D eigenvalue weighted by atomic mass is 9.96. The summed E-state index contributed by atoms with van der Waals surface area (Å²) in [5, 5.41) is 6.38. The van der Waals surface area contributed by atoms with Crippen LogP contribution in [0.25, 0.3) is 0 Å². The molecule has 1 heterocycles. The lowest BCUT2D eigenvalue weighted by Crippen LogP contribution is -2.33. The first-order valence-electron chi connectivity index (χ1n) is 5.79. The Balaban J connectivity index is 1.97. The van der Waals surface area contributed by atoms with Gasteiger partial charge in [0.25, 0.3) is 0 Å². The van der Waals surface area contributed by atoms with Gasteiger partial charge < -0.3 is 10.6 Å². The molecule has 0 radical (unpaired) electrons. The third-order valence-corrected chi connectivity index (χ3v) is 3.42. The van der Waals surface area contributed by atoms with E-state index in [1.165, 1.54) is 12.8 Å². The minimum Gasteiger partial charge on any atom is -0.356 e. The summed E-state index contributed by atoms with van der Waals surface area (Å²) in [6.45, 7) is 3.14. The number of carbonyl (C=O) groups is 1. The van der Waals surface area contributed by atoms with Gasteiger partial charge >= 0.3 is 0 Å². The Hall–Kier alpha value is -0.220. The molecule has 1 rings (SSSR count). The van der Waals surface area contributed by atoms with Crippen molar-refractivity contribution >= 4 is 17.7 Å². The molecule has 3 nitrogen and oxygen atoms in total. The molecule has 0 aromatic heterocycles. The van der Waals surface area contributed by atoms with Gasteiger partial charge in [-0.2, -0.15) is 11.8 Å². The highest BCUT2D eigenvalue weighted by Gasteiger charge is 2.12. The molecule has 1 aliphatic heterocycles. The maximum absolute atomic E-state index is 11.3. The second-order valence-corrected chi connectivity index (χ2v) is 5.08. The van der Waals surface area contributed by atoms with Gasteiger partial charge in [0.2, 0.25) is 5.91 Å². The van der Waals surface area contributed by atoms with E-state index in [0.29, 0.717) is 6.42 Å². The third-order valence-electron chi connectivity index (χ3n) is 2.81. The first-order valence-corrected chi connectivity index (χ1v) is 7.18. The van der Waals surface area contributed by atoms with Crippen molar-refractivity contribution in [3.8, 4) is 0 Å². The van der Waals surface area contributed by atoms with E-state index in [1.807, 2.05) is 6.26 Å². The fraction of sp³-hybridized carbons (Fsp3) is 0.909. The molecule has 4 heteroatoms. The summed E-state index contributed by atoms with van der Waals surface area (Å²) < 4.78 is 0. The van der Waals surface area contributed by atoms with Crippen LogP contribution in [0.1, 0.15) is 25.7 Å². The van der Waals surface area contributed by atoms with Crippen molar-refractivity contribution in [1.29, 1.82) is 0 Å². The molecule has 88 valence electrons. The van der Waals surface area contributed by atoms with Crippen LogP contribution < -0.4 is 10.6 Å². The number of hydrogen-bond donors (Lipinski definition) is 2. The molecule has 0 aliphatic carbocycles. The van der Waals surface area contributed by atoms with Gasteiger partial charge in [0.05, 0.1) is 0 Å². The molecule has 1 saturated heterocycles. The van der Waals surface area contributed by atoms with Gasteiger partial charge in [-0.05, 0) is 44.5 Å². The third kappa shape index (κ3) is 6.05. The number of amides is 1. The average Bonchev–Trinajstić information content (AvgIpc) is 2.28. The quantitative estimate of drug-likeness (QED) is 0.721. The van der Waals surface area contributed by atoms with E-state index in [9.17, 15) is 4.79 Å². The maximum atomic E-state index is 11.3. The summed E-state index contributed by atoms with van der Waals surface area (Å²) in [6, 6.07) is 0. The highest BCUT2D eigenvalue weighted by atomic mass is 32.2. The number of piperidine rings is 1. The molecule has 1 unspecified atom stereocenters. The fourth-order valence-electron chi connectivity index (χ4n) is 1.87. The molecule has 1 amide bonds. The predicted molar refractivity (Wildman–Crippen MR) is 66.2 cm³/mol. The first-order chi connectivity index (χ1) is 7.33. The number of thioether (sulfide) groups is 1. The second-order valence-electron chi connectivity index (χ2n) is 4.09. The van der Waals surface area contributed by atoms with E-state index >= 15 is 0 Å². The van der Waals surface area contributed by atoms with Crippen molar-refractivity contribution in [3.63, 3.8) is 0 Å². The van der Waals surface area contributed by atoms with Crippen LogP contribution in [-0.4, -0.2) is 37.6 Å². The van der Waals surface area contributed by atoms with Gasteiger partial charge in [0.15, 0.2) is 0 Å². The zero-order chi connectivity index (χ0) is 10.9. The molecule has 1 aliphatic rings. The largest absolute Gasteiger partial charge is 0.356 e. The Kier molecular flexibility index (Phi) is 6.85. The normalized spacial score (nSPS) is 21.3. The number of rotatable bonds is 6. The van der Waals surface area contributed by atoms with Crippen molar-refractivity contribution < 1.29 is 4.79 Å². The first kappa shape index (κ1) is 12.8. The Morgan fingerprint density at radius 3 is 3.13 bits per heavy atom. The van der Waals surface area contributed by atoms with E-state index in [0.717, 1.165) is 37.7 Å². The number of nitrogens with one attached hydrogen (secondary N) is 2. The maximum Gasteiger partial charge on any atom is 0.220 e. The molecule has 0 aromatic rings. The summed E-state index contributed by atoms with van der Waals surface area (Å²) in [7, 11) is 0. The summed E-state index contributed by atoms with van der Waals surface area (Å²) in [4.78, 5) is 11.3. The highest BCUT2D eigenvalue weighted by Crippen LogP contribution is 2.12. The molecule has 1 atom stereocenters. The van der Waals surface area contributed by atoms with Crippen LogP contribution in [0.4, 0.5) is 0 Å². The van der Waals surface area contributed by atoms with Crippen LogP contribution in [0.15, 0.2) is 0 Å². The zero-order valence-electron chi connectivity index (χ0n) is 9.55. The Labute approximate surface area is 96.8 Å². The van der Waals surface area contributed by atoms with Gasteiger partial charge in [0.1, 0.15) is 0 Å². The van der Waals surface area contributed by atoms with Crippen molar-refractivity contribution in [3.05, 3.63) is 0 Å². The second kappa shape index (κ2) is 7.99. The van der Waals surface area contributed by atoms with Gasteiger partial charge in [0, 0.05) is 18.7 Å².